The topological polar surface area (TPSA) is 75.6 Å². The highest BCUT2D eigenvalue weighted by molar-refractivity contribution is 5.81. The van der Waals surface area contributed by atoms with Crippen molar-refractivity contribution in [1.29, 1.82) is 0 Å². The molecule has 1 amide bonds. The number of carbonyl (C=O) groups excluding carboxylic acids is 1. The van der Waals surface area contributed by atoms with E-state index >= 15 is 0 Å². The van der Waals surface area contributed by atoms with Gasteiger partial charge in [0, 0.05) is 0 Å². The molecule has 0 aromatic heterocycles. The van der Waals surface area contributed by atoms with Crippen molar-refractivity contribution in [3.8, 4) is 0 Å². The SMILES string of the molecule is CCCCC(NC(=O)O)C(=O)OC12CC3CC(CC(C3)C1)C2. The van der Waals surface area contributed by atoms with Crippen LogP contribution in [0.15, 0.2) is 0 Å². The van der Waals surface area contributed by atoms with Crippen LogP contribution in [0.4, 0.5) is 4.79 Å². The summed E-state index contributed by atoms with van der Waals surface area (Å²) in [6.45, 7) is 2.03. The van der Waals surface area contributed by atoms with Gasteiger partial charge in [-0.25, -0.2) is 9.59 Å². The monoisotopic (exact) mass is 309 g/mol. The number of rotatable bonds is 6. The van der Waals surface area contributed by atoms with Crippen molar-refractivity contribution < 1.29 is 19.4 Å². The number of nitrogens with one attached hydrogen (secondary N) is 1. The quantitative estimate of drug-likeness (QED) is 0.738. The zero-order chi connectivity index (χ0) is 15.7. The lowest BCUT2D eigenvalue weighted by molar-refractivity contribution is -0.188. The van der Waals surface area contributed by atoms with Gasteiger partial charge in [-0.05, 0) is 62.7 Å². The summed E-state index contributed by atoms with van der Waals surface area (Å²) in [5.41, 5.74) is -0.295. The van der Waals surface area contributed by atoms with Crippen molar-refractivity contribution in [2.75, 3.05) is 0 Å². The van der Waals surface area contributed by atoms with Gasteiger partial charge in [0.1, 0.15) is 11.6 Å². The van der Waals surface area contributed by atoms with Crippen LogP contribution in [0.25, 0.3) is 0 Å². The Bertz CT molecular complexity index is 413. The van der Waals surface area contributed by atoms with Crippen LogP contribution in [0.3, 0.4) is 0 Å². The number of esters is 1. The van der Waals surface area contributed by atoms with E-state index in [2.05, 4.69) is 5.32 Å². The number of unbranched alkanes of at least 4 members (excludes halogenated alkanes) is 1. The molecule has 1 atom stereocenters. The van der Waals surface area contributed by atoms with Gasteiger partial charge in [-0.2, -0.15) is 0 Å². The van der Waals surface area contributed by atoms with Gasteiger partial charge in [-0.15, -0.1) is 0 Å². The molecule has 4 saturated carbocycles. The van der Waals surface area contributed by atoms with E-state index < -0.39 is 12.1 Å². The molecule has 4 aliphatic rings. The molecular weight excluding hydrogens is 282 g/mol. The standard InChI is InChI=1S/C17H27NO4/c1-2-3-4-14(18-16(20)21)15(19)22-17-8-11-5-12(9-17)7-13(6-11)10-17/h11-14,18H,2-10H2,1H3,(H,20,21). The summed E-state index contributed by atoms with van der Waals surface area (Å²) in [4.78, 5) is 23.4. The highest BCUT2D eigenvalue weighted by Gasteiger charge is 2.53. The normalized spacial score (nSPS) is 36.9. The Morgan fingerprint density at radius 3 is 2.18 bits per heavy atom. The molecular formula is C17H27NO4. The van der Waals surface area contributed by atoms with Gasteiger partial charge in [0.2, 0.25) is 0 Å². The van der Waals surface area contributed by atoms with Crippen LogP contribution in [-0.2, 0) is 9.53 Å². The number of carboxylic acid groups (broad SMARTS) is 1. The molecule has 4 bridgehead atoms. The zero-order valence-electron chi connectivity index (χ0n) is 13.3. The molecule has 5 heteroatoms. The van der Waals surface area contributed by atoms with Crippen molar-refractivity contribution in [1.82, 2.24) is 5.32 Å². The van der Waals surface area contributed by atoms with Gasteiger partial charge in [-0.3, -0.25) is 0 Å². The third-order valence-electron chi connectivity index (χ3n) is 5.73. The maximum Gasteiger partial charge on any atom is 0.405 e. The molecule has 4 aliphatic carbocycles. The molecule has 0 radical (unpaired) electrons. The first-order chi connectivity index (χ1) is 10.5. The van der Waals surface area contributed by atoms with Crippen LogP contribution >= 0.6 is 0 Å². The molecule has 5 nitrogen and oxygen atoms in total. The van der Waals surface area contributed by atoms with Crippen LogP contribution in [0, 0.1) is 17.8 Å². The Kier molecular flexibility index (Phi) is 4.33. The number of hydrogen-bond acceptors (Lipinski definition) is 3. The molecule has 0 spiro atoms. The summed E-state index contributed by atoms with van der Waals surface area (Å²) >= 11 is 0. The minimum atomic E-state index is -1.15. The number of amides is 1. The number of carbonyl (C=O) groups is 2. The first-order valence-corrected chi connectivity index (χ1v) is 8.72. The highest BCUT2D eigenvalue weighted by atomic mass is 16.6. The molecule has 0 heterocycles. The number of ether oxygens (including phenoxy) is 1. The summed E-state index contributed by atoms with van der Waals surface area (Å²) in [5.74, 6) is 1.76. The summed E-state index contributed by atoms with van der Waals surface area (Å²) in [7, 11) is 0. The Hall–Kier alpha value is -1.26. The van der Waals surface area contributed by atoms with Crippen LogP contribution in [-0.4, -0.2) is 28.8 Å². The lowest BCUT2D eigenvalue weighted by atomic mass is 9.54. The molecule has 0 saturated heterocycles. The van der Waals surface area contributed by atoms with E-state index in [1.807, 2.05) is 6.92 Å². The van der Waals surface area contributed by atoms with Crippen molar-refractivity contribution in [3.63, 3.8) is 0 Å². The van der Waals surface area contributed by atoms with Gasteiger partial charge in [0.25, 0.3) is 0 Å². The second-order valence-electron chi connectivity index (χ2n) is 7.67. The minimum Gasteiger partial charge on any atom is -0.465 e. The molecule has 1 unspecified atom stereocenters. The number of hydrogen-bond donors (Lipinski definition) is 2. The lowest BCUT2D eigenvalue weighted by Crippen LogP contribution is -2.55. The van der Waals surface area contributed by atoms with Crippen LogP contribution < -0.4 is 5.32 Å². The lowest BCUT2D eigenvalue weighted by Gasteiger charge is -2.55. The Morgan fingerprint density at radius 2 is 1.73 bits per heavy atom. The smallest absolute Gasteiger partial charge is 0.405 e. The predicted octanol–water partition coefficient (Wildman–Crippen LogP) is 3.32. The first kappa shape index (κ1) is 15.6. The van der Waals surface area contributed by atoms with E-state index in [1.165, 1.54) is 19.3 Å². The molecule has 0 aromatic carbocycles. The maximum absolute atomic E-state index is 12.5. The van der Waals surface area contributed by atoms with E-state index in [0.717, 1.165) is 32.1 Å². The van der Waals surface area contributed by atoms with Gasteiger partial charge < -0.3 is 15.2 Å². The Morgan fingerprint density at radius 1 is 1.18 bits per heavy atom. The molecule has 2 N–H and O–H groups in total. The maximum atomic E-state index is 12.5. The van der Waals surface area contributed by atoms with Crippen LogP contribution in [0.1, 0.15) is 64.7 Å². The summed E-state index contributed by atoms with van der Waals surface area (Å²) in [5, 5.41) is 11.3. The average Bonchev–Trinajstić information content (AvgIpc) is 2.40. The summed E-state index contributed by atoms with van der Waals surface area (Å²) in [6, 6.07) is -0.717. The van der Waals surface area contributed by atoms with E-state index in [9.17, 15) is 9.59 Å². The van der Waals surface area contributed by atoms with Gasteiger partial charge in [0.15, 0.2) is 0 Å². The molecule has 4 fully saturated rings. The zero-order valence-corrected chi connectivity index (χ0v) is 13.3. The van der Waals surface area contributed by atoms with E-state index in [1.54, 1.807) is 0 Å². The fourth-order valence-corrected chi connectivity index (χ4v) is 5.25. The van der Waals surface area contributed by atoms with Crippen molar-refractivity contribution in [2.45, 2.75) is 76.4 Å². The van der Waals surface area contributed by atoms with E-state index in [4.69, 9.17) is 9.84 Å². The van der Waals surface area contributed by atoms with Crippen molar-refractivity contribution >= 4 is 12.1 Å². The van der Waals surface area contributed by atoms with Crippen molar-refractivity contribution in [2.24, 2.45) is 17.8 Å². The van der Waals surface area contributed by atoms with Gasteiger partial charge in [0.05, 0.1) is 0 Å². The minimum absolute atomic E-state index is 0.295. The van der Waals surface area contributed by atoms with Crippen LogP contribution in [0.5, 0.6) is 0 Å². The van der Waals surface area contributed by atoms with Crippen molar-refractivity contribution in [3.05, 3.63) is 0 Å². The Balaban J connectivity index is 1.65. The Labute approximate surface area is 131 Å². The third-order valence-corrected chi connectivity index (χ3v) is 5.73. The second-order valence-corrected chi connectivity index (χ2v) is 7.67. The molecule has 0 aliphatic heterocycles. The fourth-order valence-electron chi connectivity index (χ4n) is 5.25. The fraction of sp³-hybridized carbons (Fsp3) is 0.882. The van der Waals surface area contributed by atoms with E-state index in [-0.39, 0.29) is 11.6 Å². The third kappa shape index (κ3) is 3.23. The molecule has 0 aromatic rings. The molecule has 124 valence electrons. The largest absolute Gasteiger partial charge is 0.465 e. The second kappa shape index (κ2) is 6.09. The summed E-state index contributed by atoms with van der Waals surface area (Å²) in [6.07, 6.45) is 7.96. The van der Waals surface area contributed by atoms with Crippen LogP contribution in [0.2, 0.25) is 0 Å². The first-order valence-electron chi connectivity index (χ1n) is 8.72. The van der Waals surface area contributed by atoms with Gasteiger partial charge >= 0.3 is 12.1 Å². The predicted molar refractivity (Wildman–Crippen MR) is 81.5 cm³/mol. The van der Waals surface area contributed by atoms with Gasteiger partial charge in [-0.1, -0.05) is 19.8 Å². The summed E-state index contributed by atoms with van der Waals surface area (Å²) < 4.78 is 5.95. The molecule has 22 heavy (non-hydrogen) atoms. The van der Waals surface area contributed by atoms with E-state index in [0.29, 0.717) is 24.2 Å². The highest BCUT2D eigenvalue weighted by Crippen LogP contribution is 2.57. The average molecular weight is 309 g/mol. The molecule has 4 rings (SSSR count).